The highest BCUT2D eigenvalue weighted by molar-refractivity contribution is 9.10. The number of hydrogen-bond donors (Lipinski definition) is 1. The molecule has 102 valence electrons. The zero-order valence-electron chi connectivity index (χ0n) is 11.0. The van der Waals surface area contributed by atoms with E-state index in [1.165, 1.54) is 0 Å². The highest BCUT2D eigenvalue weighted by Crippen LogP contribution is 2.28. The first kappa shape index (κ1) is 14.1. The predicted molar refractivity (Wildman–Crippen MR) is 77.2 cm³/mol. The molecule has 0 aliphatic heterocycles. The first-order valence-electron chi connectivity index (χ1n) is 6.16. The van der Waals surface area contributed by atoms with Crippen molar-refractivity contribution in [1.29, 1.82) is 0 Å². The Hall–Kier alpha value is -1.33. The maximum atomic E-state index is 9.71. The third-order valence-corrected chi connectivity index (χ3v) is 3.43. The van der Waals surface area contributed by atoms with Gasteiger partial charge in [0.15, 0.2) is 0 Å². The molecule has 0 amide bonds. The van der Waals surface area contributed by atoms with Crippen molar-refractivity contribution in [2.45, 2.75) is 26.5 Å². The fourth-order valence-electron chi connectivity index (χ4n) is 1.87. The topological polar surface area (TPSA) is 47.3 Å². The Morgan fingerprint density at radius 3 is 2.89 bits per heavy atom. The summed E-state index contributed by atoms with van der Waals surface area (Å²) in [4.78, 5) is 4.16. The van der Waals surface area contributed by atoms with Crippen LogP contribution in [0.4, 0.5) is 0 Å². The van der Waals surface area contributed by atoms with E-state index in [0.717, 1.165) is 22.4 Å². The summed E-state index contributed by atoms with van der Waals surface area (Å²) in [6.45, 7) is 4.96. The van der Waals surface area contributed by atoms with Gasteiger partial charge in [-0.25, -0.2) is 4.98 Å². The van der Waals surface area contributed by atoms with Gasteiger partial charge >= 0.3 is 0 Å². The molecule has 0 saturated carbocycles. The van der Waals surface area contributed by atoms with E-state index in [1.807, 2.05) is 35.9 Å². The third-order valence-electron chi connectivity index (χ3n) is 2.94. The van der Waals surface area contributed by atoms with Crippen LogP contribution in [0.1, 0.15) is 24.4 Å². The summed E-state index contributed by atoms with van der Waals surface area (Å²) in [6, 6.07) is 5.64. The van der Waals surface area contributed by atoms with Crippen LogP contribution in [-0.2, 0) is 6.54 Å². The number of halogens is 1. The minimum atomic E-state index is -0.543. The van der Waals surface area contributed by atoms with Gasteiger partial charge in [0, 0.05) is 22.4 Å². The van der Waals surface area contributed by atoms with Crippen LogP contribution in [0.3, 0.4) is 0 Å². The van der Waals surface area contributed by atoms with Gasteiger partial charge in [0.25, 0.3) is 0 Å². The van der Waals surface area contributed by atoms with E-state index in [9.17, 15) is 5.11 Å². The Morgan fingerprint density at radius 1 is 1.47 bits per heavy atom. The number of ether oxygens (including phenoxy) is 1. The van der Waals surface area contributed by atoms with Gasteiger partial charge in [-0.2, -0.15) is 0 Å². The van der Waals surface area contributed by atoms with Crippen molar-refractivity contribution in [2.24, 2.45) is 0 Å². The second-order valence-corrected chi connectivity index (χ2v) is 5.29. The summed E-state index contributed by atoms with van der Waals surface area (Å²) in [5.74, 6) is 1.68. The molecule has 1 heterocycles. The molecule has 0 fully saturated rings. The Morgan fingerprint density at radius 2 is 2.26 bits per heavy atom. The summed E-state index contributed by atoms with van der Waals surface area (Å²) in [7, 11) is 0. The minimum absolute atomic E-state index is 0.535. The van der Waals surface area contributed by atoms with Crippen LogP contribution < -0.4 is 4.74 Å². The molecule has 1 N–H and O–H groups in total. The van der Waals surface area contributed by atoms with Crippen LogP contribution in [0.25, 0.3) is 0 Å². The number of benzene rings is 1. The van der Waals surface area contributed by atoms with E-state index in [4.69, 9.17) is 4.74 Å². The SMILES string of the molecule is Cc1nccn1CCOc1cc(Br)ccc1[C@@H](C)O. The molecule has 4 nitrogen and oxygen atoms in total. The second kappa shape index (κ2) is 6.21. The molecule has 0 unspecified atom stereocenters. The molecule has 0 bridgehead atoms. The molecule has 0 spiro atoms. The summed E-state index contributed by atoms with van der Waals surface area (Å²) in [5.41, 5.74) is 0.797. The van der Waals surface area contributed by atoms with E-state index in [1.54, 1.807) is 13.1 Å². The van der Waals surface area contributed by atoms with Crippen molar-refractivity contribution in [2.75, 3.05) is 6.61 Å². The van der Waals surface area contributed by atoms with Gasteiger partial charge in [-0.15, -0.1) is 0 Å². The maximum absolute atomic E-state index is 9.71. The molecule has 5 heteroatoms. The summed E-state index contributed by atoms with van der Waals surface area (Å²) in [5, 5.41) is 9.71. The number of imidazole rings is 1. The molecule has 0 aliphatic rings. The number of aliphatic hydroxyl groups is 1. The second-order valence-electron chi connectivity index (χ2n) is 4.37. The van der Waals surface area contributed by atoms with Crippen molar-refractivity contribution in [1.82, 2.24) is 9.55 Å². The van der Waals surface area contributed by atoms with Gasteiger partial charge in [0.2, 0.25) is 0 Å². The van der Waals surface area contributed by atoms with Crippen molar-refractivity contribution < 1.29 is 9.84 Å². The minimum Gasteiger partial charge on any atom is -0.491 e. The normalized spacial score (nSPS) is 12.4. The van der Waals surface area contributed by atoms with Gasteiger partial charge in [0.1, 0.15) is 18.2 Å². The first-order valence-corrected chi connectivity index (χ1v) is 6.95. The Balaban J connectivity index is 2.03. The van der Waals surface area contributed by atoms with E-state index >= 15 is 0 Å². The molecule has 1 atom stereocenters. The molecular weight excluding hydrogens is 308 g/mol. The van der Waals surface area contributed by atoms with Gasteiger partial charge in [-0.1, -0.05) is 22.0 Å². The fourth-order valence-corrected chi connectivity index (χ4v) is 2.21. The maximum Gasteiger partial charge on any atom is 0.126 e. The van der Waals surface area contributed by atoms with Gasteiger partial charge in [0.05, 0.1) is 12.6 Å². The quantitative estimate of drug-likeness (QED) is 0.919. The number of aryl methyl sites for hydroxylation is 1. The zero-order chi connectivity index (χ0) is 13.8. The highest BCUT2D eigenvalue weighted by Gasteiger charge is 2.09. The number of nitrogens with zero attached hydrogens (tertiary/aromatic N) is 2. The van der Waals surface area contributed by atoms with Crippen molar-refractivity contribution in [3.8, 4) is 5.75 Å². The van der Waals surface area contributed by atoms with Gasteiger partial charge < -0.3 is 14.4 Å². The number of hydrogen-bond acceptors (Lipinski definition) is 3. The van der Waals surface area contributed by atoms with Crippen molar-refractivity contribution in [3.63, 3.8) is 0 Å². The smallest absolute Gasteiger partial charge is 0.126 e. The van der Waals surface area contributed by atoms with Crippen LogP contribution in [0, 0.1) is 6.92 Å². The Bertz CT molecular complexity index is 552. The first-order chi connectivity index (χ1) is 9.08. The van der Waals surface area contributed by atoms with Gasteiger partial charge in [-0.05, 0) is 26.0 Å². The van der Waals surface area contributed by atoms with Crippen LogP contribution in [0.5, 0.6) is 5.75 Å². The average Bonchev–Trinajstić information content (AvgIpc) is 2.75. The average molecular weight is 325 g/mol. The fraction of sp³-hybridized carbons (Fsp3) is 0.357. The Kier molecular flexibility index (Phi) is 4.61. The van der Waals surface area contributed by atoms with Gasteiger partial charge in [-0.3, -0.25) is 0 Å². The monoisotopic (exact) mass is 324 g/mol. The van der Waals surface area contributed by atoms with Crippen LogP contribution in [0.2, 0.25) is 0 Å². The van der Waals surface area contributed by atoms with E-state index < -0.39 is 6.10 Å². The largest absolute Gasteiger partial charge is 0.491 e. The molecule has 2 aromatic rings. The molecule has 2 rings (SSSR count). The lowest BCUT2D eigenvalue weighted by molar-refractivity contribution is 0.190. The molecule has 19 heavy (non-hydrogen) atoms. The molecular formula is C14H17BrN2O2. The van der Waals surface area contributed by atoms with Crippen molar-refractivity contribution >= 4 is 15.9 Å². The number of aromatic nitrogens is 2. The Labute approximate surface area is 121 Å². The van der Waals surface area contributed by atoms with Crippen LogP contribution in [0.15, 0.2) is 35.1 Å². The molecule has 0 radical (unpaired) electrons. The van der Waals surface area contributed by atoms with Crippen LogP contribution >= 0.6 is 15.9 Å². The standard InChI is InChI=1S/C14H17BrN2O2/c1-10(18)13-4-3-12(15)9-14(13)19-8-7-17-6-5-16-11(17)2/h3-6,9-10,18H,7-8H2,1-2H3/t10-/m1/s1. The predicted octanol–water partition coefficient (Wildman–Crippen LogP) is 3.09. The van der Waals surface area contributed by atoms with Crippen molar-refractivity contribution in [3.05, 3.63) is 46.5 Å². The lowest BCUT2D eigenvalue weighted by atomic mass is 10.1. The third kappa shape index (κ3) is 3.58. The van der Waals surface area contributed by atoms with E-state index in [2.05, 4.69) is 20.9 Å². The van der Waals surface area contributed by atoms with E-state index in [-0.39, 0.29) is 0 Å². The number of rotatable bonds is 5. The number of aliphatic hydroxyl groups excluding tert-OH is 1. The summed E-state index contributed by atoms with van der Waals surface area (Å²) in [6.07, 6.45) is 3.16. The summed E-state index contributed by atoms with van der Waals surface area (Å²) >= 11 is 3.41. The lowest BCUT2D eigenvalue weighted by Gasteiger charge is -2.14. The zero-order valence-corrected chi connectivity index (χ0v) is 12.6. The molecule has 1 aromatic heterocycles. The van der Waals surface area contributed by atoms with E-state index in [0.29, 0.717) is 12.4 Å². The lowest BCUT2D eigenvalue weighted by Crippen LogP contribution is -2.10. The molecule has 1 aromatic carbocycles. The molecule has 0 aliphatic carbocycles. The molecule has 0 saturated heterocycles. The highest BCUT2D eigenvalue weighted by atomic mass is 79.9. The summed E-state index contributed by atoms with van der Waals surface area (Å²) < 4.78 is 8.73. The van der Waals surface area contributed by atoms with Crippen LogP contribution in [-0.4, -0.2) is 21.3 Å².